The summed E-state index contributed by atoms with van der Waals surface area (Å²) >= 11 is 7.05. The minimum absolute atomic E-state index is 0.0104. The van der Waals surface area contributed by atoms with Crippen molar-refractivity contribution in [3.05, 3.63) is 70.1 Å². The maximum atomic E-state index is 7.12. The zero-order valence-corrected chi connectivity index (χ0v) is 23.9. The molecule has 0 aliphatic carbocycles. The maximum absolute atomic E-state index is 7.12. The smallest absolute Gasteiger partial charge is 0.261 e. The van der Waals surface area contributed by atoms with Gasteiger partial charge in [-0.25, -0.2) is 0 Å². The van der Waals surface area contributed by atoms with Crippen molar-refractivity contribution in [1.82, 2.24) is 0 Å². The first kappa shape index (κ1) is 25.3. The molecule has 4 nitrogen and oxygen atoms in total. The molecule has 7 heteroatoms. The van der Waals surface area contributed by atoms with Gasteiger partial charge in [0.1, 0.15) is 6.10 Å². The van der Waals surface area contributed by atoms with Crippen molar-refractivity contribution in [1.29, 1.82) is 0 Å². The lowest BCUT2D eigenvalue weighted by Crippen LogP contribution is -2.67. The predicted molar refractivity (Wildman–Crippen MR) is 142 cm³/mol. The normalized spacial score (nSPS) is 26.8. The Bertz CT molecular complexity index is 931. The van der Waals surface area contributed by atoms with Crippen molar-refractivity contribution in [3.8, 4) is 0 Å². The van der Waals surface area contributed by atoms with Crippen molar-refractivity contribution in [2.45, 2.75) is 63.9 Å². The second kappa shape index (κ2) is 9.68. The van der Waals surface area contributed by atoms with Crippen LogP contribution in [0.15, 0.2) is 70.1 Å². The molecule has 2 heterocycles. The minimum Gasteiger partial charge on any atom is -0.405 e. The molecule has 0 N–H and O–H groups in total. The van der Waals surface area contributed by atoms with Gasteiger partial charge in [0.25, 0.3) is 8.32 Å². The van der Waals surface area contributed by atoms with Crippen LogP contribution in [-0.4, -0.2) is 39.2 Å². The number of hydrogen-bond acceptors (Lipinski definition) is 4. The van der Waals surface area contributed by atoms with Crippen LogP contribution in [-0.2, 0) is 18.6 Å². The molecule has 2 fully saturated rings. The number of ether oxygens (including phenoxy) is 3. The summed E-state index contributed by atoms with van der Waals surface area (Å²) in [5.74, 6) is -0.673. The third-order valence-corrected chi connectivity index (χ3v) is 11.9. The standard InChI is InChI=1S/C26H32Br2O4Si/c1-25(2,3)33(18-12-8-6-9-13-18,19-14-10-7-11-15-19)29-17-21-20(16-22(27)28)23-24(30-21)32-26(4,5)31-23/h6-16,20-21,23-24H,17H2,1-5H3. The fourth-order valence-corrected chi connectivity index (χ4v) is 10.2. The summed E-state index contributed by atoms with van der Waals surface area (Å²) in [5.41, 5.74) is 0. The first-order valence-electron chi connectivity index (χ1n) is 11.3. The van der Waals surface area contributed by atoms with Gasteiger partial charge in [-0.3, -0.25) is 0 Å². The fraction of sp³-hybridized carbons (Fsp3) is 0.462. The van der Waals surface area contributed by atoms with Crippen LogP contribution in [0, 0.1) is 5.92 Å². The monoisotopic (exact) mass is 594 g/mol. The van der Waals surface area contributed by atoms with Gasteiger partial charge in [-0.1, -0.05) is 87.5 Å². The average molecular weight is 596 g/mol. The lowest BCUT2D eigenvalue weighted by atomic mass is 9.99. The first-order valence-corrected chi connectivity index (χ1v) is 14.8. The molecule has 4 unspecified atom stereocenters. The Morgan fingerprint density at radius 2 is 1.52 bits per heavy atom. The van der Waals surface area contributed by atoms with Crippen molar-refractivity contribution >= 4 is 50.6 Å². The van der Waals surface area contributed by atoms with E-state index in [2.05, 4.69) is 119 Å². The van der Waals surface area contributed by atoms with E-state index in [0.29, 0.717) is 6.61 Å². The summed E-state index contributed by atoms with van der Waals surface area (Å²) in [6, 6.07) is 21.3. The highest BCUT2D eigenvalue weighted by Crippen LogP contribution is 2.44. The third kappa shape index (κ3) is 5.10. The van der Waals surface area contributed by atoms with E-state index in [1.807, 2.05) is 13.8 Å². The third-order valence-electron chi connectivity index (χ3n) is 6.41. The van der Waals surface area contributed by atoms with E-state index in [4.69, 9.17) is 18.6 Å². The van der Waals surface area contributed by atoms with Gasteiger partial charge in [0.15, 0.2) is 12.1 Å². The highest BCUT2D eigenvalue weighted by atomic mass is 79.9. The van der Waals surface area contributed by atoms with Gasteiger partial charge in [0.2, 0.25) is 0 Å². The summed E-state index contributed by atoms with van der Waals surface area (Å²) in [7, 11) is -2.66. The molecule has 2 saturated heterocycles. The quantitative estimate of drug-likeness (QED) is 0.402. The first-order chi connectivity index (χ1) is 15.5. The van der Waals surface area contributed by atoms with Crippen LogP contribution in [0.4, 0.5) is 0 Å². The van der Waals surface area contributed by atoms with Crippen molar-refractivity contribution in [3.63, 3.8) is 0 Å². The molecule has 2 aromatic carbocycles. The molecule has 0 radical (unpaired) electrons. The summed E-state index contributed by atoms with van der Waals surface area (Å²) in [4.78, 5) is 0. The van der Waals surface area contributed by atoms with Crippen LogP contribution in [0.5, 0.6) is 0 Å². The number of benzene rings is 2. The largest absolute Gasteiger partial charge is 0.405 e. The van der Waals surface area contributed by atoms with Crippen LogP contribution in [0.1, 0.15) is 34.6 Å². The van der Waals surface area contributed by atoms with Gasteiger partial charge in [-0.05, 0) is 61.1 Å². The van der Waals surface area contributed by atoms with Gasteiger partial charge < -0.3 is 18.6 Å². The number of fused-ring (bicyclic) bond motifs is 1. The number of rotatable bonds is 6. The van der Waals surface area contributed by atoms with Crippen molar-refractivity contribution in [2.75, 3.05) is 6.61 Å². The zero-order valence-electron chi connectivity index (χ0n) is 19.8. The molecular formula is C26H32Br2O4Si. The van der Waals surface area contributed by atoms with Crippen molar-refractivity contribution < 1.29 is 18.6 Å². The molecule has 0 spiro atoms. The van der Waals surface area contributed by atoms with Gasteiger partial charge >= 0.3 is 0 Å². The van der Waals surface area contributed by atoms with Crippen LogP contribution in [0.2, 0.25) is 5.04 Å². The van der Waals surface area contributed by atoms with E-state index in [1.165, 1.54) is 10.4 Å². The van der Waals surface area contributed by atoms with E-state index in [-0.39, 0.29) is 23.2 Å². The topological polar surface area (TPSA) is 36.9 Å². The Morgan fingerprint density at radius 3 is 2.00 bits per heavy atom. The fourth-order valence-electron chi connectivity index (χ4n) is 5.06. The molecular weight excluding hydrogens is 564 g/mol. The molecule has 2 aliphatic rings. The average Bonchev–Trinajstić information content (AvgIpc) is 3.21. The second-order valence-corrected chi connectivity index (χ2v) is 17.2. The Kier molecular flexibility index (Phi) is 7.42. The molecule has 0 bridgehead atoms. The Morgan fingerprint density at radius 1 is 0.970 bits per heavy atom. The van der Waals surface area contributed by atoms with Crippen LogP contribution in [0.3, 0.4) is 0 Å². The molecule has 0 amide bonds. The van der Waals surface area contributed by atoms with Crippen molar-refractivity contribution in [2.24, 2.45) is 5.92 Å². The summed E-state index contributed by atoms with van der Waals surface area (Å²) in [5, 5.41) is 2.41. The maximum Gasteiger partial charge on any atom is 0.261 e. The van der Waals surface area contributed by atoms with Crippen LogP contribution >= 0.6 is 31.9 Å². The highest BCUT2D eigenvalue weighted by molar-refractivity contribution is 9.28. The number of halogens is 2. The Hall–Kier alpha value is -0.803. The molecule has 4 atom stereocenters. The molecule has 4 rings (SSSR count). The lowest BCUT2D eigenvalue weighted by Gasteiger charge is -2.43. The lowest BCUT2D eigenvalue weighted by molar-refractivity contribution is -0.210. The molecule has 2 aromatic rings. The summed E-state index contributed by atoms with van der Waals surface area (Å²) < 4.78 is 26.6. The number of hydrogen-bond donors (Lipinski definition) is 0. The highest BCUT2D eigenvalue weighted by Gasteiger charge is 2.56. The van der Waals surface area contributed by atoms with Gasteiger partial charge in [-0.2, -0.15) is 0 Å². The van der Waals surface area contributed by atoms with Gasteiger partial charge in [-0.15, -0.1) is 0 Å². The second-order valence-electron chi connectivity index (χ2n) is 10.2. The molecule has 2 aliphatic heterocycles. The van der Waals surface area contributed by atoms with Gasteiger partial charge in [0, 0.05) is 5.92 Å². The SMILES string of the molecule is CC1(C)OC2OC(CO[Si](c3ccccc3)(c3ccccc3)C(C)(C)C)C(C=C(Br)Br)C2O1. The van der Waals surface area contributed by atoms with E-state index in [1.54, 1.807) is 0 Å². The van der Waals surface area contributed by atoms with E-state index in [9.17, 15) is 0 Å². The molecule has 0 aromatic heterocycles. The summed E-state index contributed by atoms with van der Waals surface area (Å²) in [6.07, 6.45) is 1.31. The minimum atomic E-state index is -2.66. The van der Waals surface area contributed by atoms with Crippen LogP contribution < -0.4 is 10.4 Å². The molecule has 0 saturated carbocycles. The Labute approximate surface area is 215 Å². The van der Waals surface area contributed by atoms with E-state index < -0.39 is 20.4 Å². The zero-order chi connectivity index (χ0) is 23.9. The van der Waals surface area contributed by atoms with Gasteiger partial charge in [0.05, 0.1) is 16.1 Å². The Balaban J connectivity index is 1.70. The van der Waals surface area contributed by atoms with E-state index in [0.717, 1.165) is 3.39 Å². The van der Waals surface area contributed by atoms with E-state index >= 15 is 0 Å². The predicted octanol–water partition coefficient (Wildman–Crippen LogP) is 5.69. The molecule has 178 valence electrons. The molecule has 33 heavy (non-hydrogen) atoms. The summed E-state index contributed by atoms with van der Waals surface area (Å²) in [6.45, 7) is 11.1. The van der Waals surface area contributed by atoms with Crippen LogP contribution in [0.25, 0.3) is 0 Å².